The van der Waals surface area contributed by atoms with Crippen LogP contribution >= 0.6 is 0 Å². The van der Waals surface area contributed by atoms with Gasteiger partial charge in [0, 0.05) is 6.07 Å². The van der Waals surface area contributed by atoms with Gasteiger partial charge in [0.15, 0.2) is 17.3 Å². The van der Waals surface area contributed by atoms with E-state index in [0.717, 1.165) is 24.3 Å². The summed E-state index contributed by atoms with van der Waals surface area (Å²) < 4.78 is 59.8. The van der Waals surface area contributed by atoms with E-state index >= 15 is 0 Å². The van der Waals surface area contributed by atoms with Crippen LogP contribution in [0.1, 0.15) is 22.8 Å². The van der Waals surface area contributed by atoms with Gasteiger partial charge >= 0.3 is 5.97 Å². The standard InChI is InChI=1S/C18H16F4N2O3/c1-8(23)18(26)27-14-5-4-11(20)15(16(14)22)17(25)13(24)6-9-2-3-10(19)7-12(9)21/h2-5,7-8,13H,6,23-24H2,1H3/t8-,13-/m0/s1. The van der Waals surface area contributed by atoms with E-state index in [1.165, 1.54) is 6.92 Å². The zero-order valence-electron chi connectivity index (χ0n) is 14.1. The van der Waals surface area contributed by atoms with Crippen molar-refractivity contribution in [1.29, 1.82) is 0 Å². The van der Waals surface area contributed by atoms with E-state index in [9.17, 15) is 27.2 Å². The number of halogens is 4. The van der Waals surface area contributed by atoms with Crippen molar-refractivity contribution in [2.75, 3.05) is 0 Å². The smallest absolute Gasteiger partial charge is 0.328 e. The number of hydrogen-bond donors (Lipinski definition) is 2. The number of ketones is 1. The van der Waals surface area contributed by atoms with Gasteiger partial charge in [0.2, 0.25) is 0 Å². The molecule has 2 rings (SSSR count). The predicted octanol–water partition coefficient (Wildman–Crippen LogP) is 2.25. The van der Waals surface area contributed by atoms with Crippen molar-refractivity contribution in [2.45, 2.75) is 25.4 Å². The van der Waals surface area contributed by atoms with Crippen LogP contribution in [0.25, 0.3) is 0 Å². The van der Waals surface area contributed by atoms with Gasteiger partial charge in [-0.25, -0.2) is 22.4 Å². The molecule has 5 nitrogen and oxygen atoms in total. The van der Waals surface area contributed by atoms with Crippen LogP contribution in [0.15, 0.2) is 30.3 Å². The van der Waals surface area contributed by atoms with Gasteiger partial charge in [-0.15, -0.1) is 0 Å². The van der Waals surface area contributed by atoms with Gasteiger partial charge in [-0.3, -0.25) is 4.79 Å². The van der Waals surface area contributed by atoms with Crippen LogP contribution in [0, 0.1) is 23.3 Å². The topological polar surface area (TPSA) is 95.4 Å². The summed E-state index contributed by atoms with van der Waals surface area (Å²) in [6, 6.07) is 1.60. The fourth-order valence-corrected chi connectivity index (χ4v) is 2.24. The summed E-state index contributed by atoms with van der Waals surface area (Å²) in [5.74, 6) is -7.28. The zero-order valence-corrected chi connectivity index (χ0v) is 14.1. The first-order chi connectivity index (χ1) is 12.6. The largest absolute Gasteiger partial charge is 0.422 e. The third kappa shape index (κ3) is 4.69. The van der Waals surface area contributed by atoms with Crippen LogP contribution < -0.4 is 16.2 Å². The summed E-state index contributed by atoms with van der Waals surface area (Å²) in [5, 5.41) is 0. The van der Waals surface area contributed by atoms with Crippen LogP contribution in [0.3, 0.4) is 0 Å². The first-order valence-corrected chi connectivity index (χ1v) is 7.80. The van der Waals surface area contributed by atoms with Crippen LogP contribution in [-0.4, -0.2) is 23.8 Å². The molecule has 2 aromatic carbocycles. The second-order valence-electron chi connectivity index (χ2n) is 5.85. The number of nitrogens with two attached hydrogens (primary N) is 2. The van der Waals surface area contributed by atoms with Gasteiger partial charge in [-0.05, 0) is 37.1 Å². The molecule has 0 radical (unpaired) electrons. The molecule has 0 saturated carbocycles. The number of Topliss-reactive ketones (excluding diaryl/α,β-unsaturated/α-hetero) is 1. The number of esters is 1. The molecule has 0 fully saturated rings. The second kappa shape index (κ2) is 8.28. The molecule has 0 unspecified atom stereocenters. The number of benzene rings is 2. The number of hydrogen-bond acceptors (Lipinski definition) is 5. The Morgan fingerprint density at radius 2 is 1.70 bits per heavy atom. The van der Waals surface area contributed by atoms with Gasteiger partial charge in [0.05, 0.1) is 11.6 Å². The summed E-state index contributed by atoms with van der Waals surface area (Å²) in [4.78, 5) is 23.9. The normalized spacial score (nSPS) is 13.1. The Morgan fingerprint density at radius 3 is 2.30 bits per heavy atom. The van der Waals surface area contributed by atoms with Gasteiger partial charge in [0.25, 0.3) is 0 Å². The third-order valence-electron chi connectivity index (χ3n) is 3.68. The van der Waals surface area contributed by atoms with Crippen LogP contribution in [0.4, 0.5) is 17.6 Å². The quantitative estimate of drug-likeness (QED) is 0.345. The molecule has 0 aliphatic heterocycles. The fraction of sp³-hybridized carbons (Fsp3) is 0.222. The van der Waals surface area contributed by atoms with Gasteiger partial charge in [0.1, 0.15) is 23.5 Å². The summed E-state index contributed by atoms with van der Waals surface area (Å²) >= 11 is 0. The molecule has 0 aliphatic rings. The average Bonchev–Trinajstić information content (AvgIpc) is 2.59. The molecule has 27 heavy (non-hydrogen) atoms. The molecule has 9 heteroatoms. The maximum Gasteiger partial charge on any atom is 0.328 e. The molecule has 0 heterocycles. The number of carbonyl (C=O) groups excluding carboxylic acids is 2. The van der Waals surface area contributed by atoms with Crippen molar-refractivity contribution in [2.24, 2.45) is 11.5 Å². The summed E-state index contributed by atoms with van der Waals surface area (Å²) in [6.45, 7) is 1.29. The molecule has 0 spiro atoms. The lowest BCUT2D eigenvalue weighted by Crippen LogP contribution is -2.35. The second-order valence-corrected chi connectivity index (χ2v) is 5.85. The Labute approximate surface area is 151 Å². The summed E-state index contributed by atoms with van der Waals surface area (Å²) in [7, 11) is 0. The van der Waals surface area contributed by atoms with Crippen molar-refractivity contribution in [3.63, 3.8) is 0 Å². The number of ether oxygens (including phenoxy) is 1. The molecule has 2 atom stereocenters. The molecule has 2 aromatic rings. The van der Waals surface area contributed by atoms with Gasteiger partial charge in [-0.2, -0.15) is 0 Å². The molecule has 0 aromatic heterocycles. The maximum atomic E-state index is 14.5. The van der Waals surface area contributed by atoms with E-state index < -0.39 is 64.8 Å². The van der Waals surface area contributed by atoms with Crippen molar-refractivity contribution in [3.8, 4) is 5.75 Å². The molecular weight excluding hydrogens is 368 g/mol. The minimum Gasteiger partial charge on any atom is -0.422 e. The lowest BCUT2D eigenvalue weighted by atomic mass is 9.97. The molecular formula is C18H16F4N2O3. The summed E-state index contributed by atoms with van der Waals surface area (Å²) in [6.07, 6.45) is -0.423. The molecule has 144 valence electrons. The SMILES string of the molecule is C[C@H](N)C(=O)Oc1ccc(F)c(C(=O)[C@@H](N)Cc2ccc(F)cc2F)c1F. The fourth-order valence-electron chi connectivity index (χ4n) is 2.24. The minimum atomic E-state index is -1.52. The highest BCUT2D eigenvalue weighted by Gasteiger charge is 2.27. The van der Waals surface area contributed by atoms with E-state index in [0.29, 0.717) is 6.07 Å². The van der Waals surface area contributed by atoms with E-state index in [-0.39, 0.29) is 5.56 Å². The minimum absolute atomic E-state index is 0.0994. The van der Waals surface area contributed by atoms with Crippen LogP contribution in [0.5, 0.6) is 5.75 Å². The average molecular weight is 384 g/mol. The Balaban J connectivity index is 2.30. The highest BCUT2D eigenvalue weighted by atomic mass is 19.1. The van der Waals surface area contributed by atoms with E-state index in [4.69, 9.17) is 11.5 Å². The Kier molecular flexibility index (Phi) is 6.29. The molecule has 0 amide bonds. The van der Waals surface area contributed by atoms with Gasteiger partial charge in [-0.1, -0.05) is 6.07 Å². The Morgan fingerprint density at radius 1 is 1.04 bits per heavy atom. The maximum absolute atomic E-state index is 14.5. The molecule has 0 bridgehead atoms. The van der Waals surface area contributed by atoms with Crippen molar-refractivity contribution >= 4 is 11.8 Å². The van der Waals surface area contributed by atoms with E-state index in [2.05, 4.69) is 4.74 Å². The van der Waals surface area contributed by atoms with Crippen molar-refractivity contribution in [1.82, 2.24) is 0 Å². The van der Waals surface area contributed by atoms with E-state index in [1.807, 2.05) is 0 Å². The van der Waals surface area contributed by atoms with Crippen molar-refractivity contribution in [3.05, 3.63) is 64.7 Å². The first-order valence-electron chi connectivity index (χ1n) is 7.80. The molecule has 0 saturated heterocycles. The lowest BCUT2D eigenvalue weighted by molar-refractivity contribution is -0.135. The monoisotopic (exact) mass is 384 g/mol. The van der Waals surface area contributed by atoms with Crippen LogP contribution in [0.2, 0.25) is 0 Å². The first kappa shape index (κ1) is 20.5. The predicted molar refractivity (Wildman–Crippen MR) is 88.0 cm³/mol. The lowest BCUT2D eigenvalue weighted by Gasteiger charge is -2.14. The van der Waals surface area contributed by atoms with Gasteiger partial charge < -0.3 is 16.2 Å². The van der Waals surface area contributed by atoms with Crippen molar-refractivity contribution < 1.29 is 31.9 Å². The molecule has 0 aliphatic carbocycles. The zero-order chi connectivity index (χ0) is 20.3. The highest BCUT2D eigenvalue weighted by Crippen LogP contribution is 2.25. The summed E-state index contributed by atoms with van der Waals surface area (Å²) in [5.41, 5.74) is 9.83. The van der Waals surface area contributed by atoms with Crippen LogP contribution in [-0.2, 0) is 11.2 Å². The van der Waals surface area contributed by atoms with E-state index in [1.54, 1.807) is 0 Å². The third-order valence-corrected chi connectivity index (χ3v) is 3.68. The molecule has 4 N–H and O–H groups in total. The Bertz CT molecular complexity index is 887. The Hall–Kier alpha value is -2.78. The number of carbonyl (C=O) groups is 2. The number of rotatable bonds is 6. The highest BCUT2D eigenvalue weighted by molar-refractivity contribution is 6.01.